The molecule has 0 spiro atoms. The molecule has 0 saturated carbocycles. The Balaban J connectivity index is 1.22. The van der Waals surface area contributed by atoms with E-state index in [0.29, 0.717) is 28.8 Å². The van der Waals surface area contributed by atoms with Crippen molar-refractivity contribution in [3.63, 3.8) is 0 Å². The second kappa shape index (κ2) is 12.7. The van der Waals surface area contributed by atoms with E-state index in [-0.39, 0.29) is 11.0 Å². The Morgan fingerprint density at radius 1 is 1.07 bits per heavy atom. The van der Waals surface area contributed by atoms with Crippen molar-refractivity contribution < 1.29 is 9.15 Å². The first-order chi connectivity index (χ1) is 19.7. The van der Waals surface area contributed by atoms with Crippen LogP contribution in [0.1, 0.15) is 32.8 Å². The Bertz CT molecular complexity index is 1520. The average molecular weight is 623 g/mol. The van der Waals surface area contributed by atoms with Gasteiger partial charge in [-0.1, -0.05) is 13.8 Å². The molecule has 0 N–H and O–H groups in total. The summed E-state index contributed by atoms with van der Waals surface area (Å²) >= 11 is 3.32. The van der Waals surface area contributed by atoms with Crippen molar-refractivity contribution >= 4 is 38.3 Å². The minimum absolute atomic E-state index is 0.0395. The van der Waals surface area contributed by atoms with E-state index in [1.54, 1.807) is 10.6 Å². The smallest absolute Gasteiger partial charge is 0.261 e. The van der Waals surface area contributed by atoms with Gasteiger partial charge in [-0.2, -0.15) is 0 Å². The van der Waals surface area contributed by atoms with Gasteiger partial charge in [0.05, 0.1) is 23.4 Å². The Hall–Kier alpha value is -3.30. The van der Waals surface area contributed by atoms with Gasteiger partial charge in [0.2, 0.25) is 0 Å². The maximum absolute atomic E-state index is 13.0. The first-order valence-electron chi connectivity index (χ1n) is 14.3. The number of halogens is 1. The zero-order valence-corrected chi connectivity index (χ0v) is 26.1. The molecule has 0 bridgehead atoms. The molecule has 4 heterocycles. The van der Waals surface area contributed by atoms with Gasteiger partial charge in [-0.15, -0.1) is 0 Å². The molecule has 41 heavy (non-hydrogen) atoms. The minimum Gasteiger partial charge on any atom is -0.493 e. The van der Waals surface area contributed by atoms with E-state index >= 15 is 0 Å². The van der Waals surface area contributed by atoms with Gasteiger partial charge in [0, 0.05) is 83.6 Å². The molecule has 0 unspecified atom stereocenters. The Morgan fingerprint density at radius 2 is 1.88 bits per heavy atom. The number of benzene rings is 1. The van der Waals surface area contributed by atoms with E-state index in [1.807, 2.05) is 36.8 Å². The molecule has 0 saturated heterocycles. The van der Waals surface area contributed by atoms with E-state index < -0.39 is 0 Å². The van der Waals surface area contributed by atoms with Crippen LogP contribution in [0.2, 0.25) is 0 Å². The Labute approximate surface area is 250 Å². The number of hydrogen-bond donors (Lipinski definition) is 0. The van der Waals surface area contributed by atoms with E-state index in [2.05, 4.69) is 81.6 Å². The highest BCUT2D eigenvalue weighted by atomic mass is 79.9. The molecule has 1 aromatic carbocycles. The normalized spacial score (nSPS) is 14.9. The summed E-state index contributed by atoms with van der Waals surface area (Å²) in [6.45, 7) is 13.5. The summed E-state index contributed by atoms with van der Waals surface area (Å²) in [6, 6.07) is 14.1. The van der Waals surface area contributed by atoms with Gasteiger partial charge in [-0.25, -0.2) is 0 Å². The van der Waals surface area contributed by atoms with Crippen LogP contribution in [-0.4, -0.2) is 60.8 Å². The molecule has 0 fully saturated rings. The third-order valence-corrected chi connectivity index (χ3v) is 8.08. The van der Waals surface area contributed by atoms with Crippen molar-refractivity contribution in [1.29, 1.82) is 0 Å². The third-order valence-electron chi connectivity index (χ3n) is 7.69. The summed E-state index contributed by atoms with van der Waals surface area (Å²) in [7, 11) is 2.18. The molecule has 5 rings (SSSR count). The lowest BCUT2D eigenvalue weighted by molar-refractivity contribution is 0.221. The predicted molar refractivity (Wildman–Crippen MR) is 169 cm³/mol. The summed E-state index contributed by atoms with van der Waals surface area (Å²) in [4.78, 5) is 24.3. The first-order valence-corrected chi connectivity index (χ1v) is 15.1. The number of aromatic nitrogens is 2. The molecular weight excluding hydrogens is 582 g/mol. The second-order valence-electron chi connectivity index (χ2n) is 11.7. The van der Waals surface area contributed by atoms with E-state index in [0.717, 1.165) is 51.4 Å². The molecule has 0 amide bonds. The monoisotopic (exact) mass is 621 g/mol. The Kier molecular flexibility index (Phi) is 9.04. The molecule has 4 aromatic rings. The lowest BCUT2D eigenvalue weighted by atomic mass is 9.92. The first kappa shape index (κ1) is 29.2. The highest BCUT2D eigenvalue weighted by Crippen LogP contribution is 2.38. The summed E-state index contributed by atoms with van der Waals surface area (Å²) in [6.07, 6.45) is 6.32. The number of rotatable bonds is 11. The van der Waals surface area contributed by atoms with Gasteiger partial charge in [-0.05, 0) is 70.6 Å². The SMILES string of the molecule is CCN1CC(C)(C)CN(C)c2cc(OCCCN(CCn3ccc4oc(Br)cc4c3=O)Cc3ccncc3)ccc21. The molecule has 8 nitrogen and oxygen atoms in total. The van der Waals surface area contributed by atoms with Gasteiger partial charge in [-0.3, -0.25) is 14.7 Å². The quantitative estimate of drug-likeness (QED) is 0.190. The van der Waals surface area contributed by atoms with Crippen molar-refractivity contribution in [2.24, 2.45) is 5.41 Å². The lowest BCUT2D eigenvalue weighted by Crippen LogP contribution is -2.37. The molecule has 0 aliphatic carbocycles. The van der Waals surface area contributed by atoms with Crippen molar-refractivity contribution in [2.45, 2.75) is 40.3 Å². The van der Waals surface area contributed by atoms with Crippen LogP contribution in [0.5, 0.6) is 5.75 Å². The van der Waals surface area contributed by atoms with E-state index in [9.17, 15) is 4.79 Å². The molecular formula is C32H40BrN5O3. The van der Waals surface area contributed by atoms with Crippen LogP contribution in [0, 0.1) is 5.41 Å². The summed E-state index contributed by atoms with van der Waals surface area (Å²) < 4.78 is 14.1. The van der Waals surface area contributed by atoms with Crippen LogP contribution in [0.3, 0.4) is 0 Å². The molecule has 1 aliphatic heterocycles. The molecule has 218 valence electrons. The summed E-state index contributed by atoms with van der Waals surface area (Å²) in [5.41, 5.74) is 4.45. The molecule has 9 heteroatoms. The van der Waals surface area contributed by atoms with Crippen LogP contribution in [0.4, 0.5) is 11.4 Å². The van der Waals surface area contributed by atoms with E-state index in [1.165, 1.54) is 16.9 Å². The third kappa shape index (κ3) is 7.13. The number of ether oxygens (including phenoxy) is 1. The van der Waals surface area contributed by atoms with Crippen molar-refractivity contribution in [3.8, 4) is 5.75 Å². The lowest BCUT2D eigenvalue weighted by Gasteiger charge is -2.30. The van der Waals surface area contributed by atoms with Crippen molar-refractivity contribution in [1.82, 2.24) is 14.5 Å². The van der Waals surface area contributed by atoms with E-state index in [4.69, 9.17) is 9.15 Å². The Morgan fingerprint density at radius 3 is 2.66 bits per heavy atom. The van der Waals surface area contributed by atoms with Crippen molar-refractivity contribution in [2.75, 3.05) is 56.2 Å². The van der Waals surface area contributed by atoms with Gasteiger partial charge >= 0.3 is 0 Å². The van der Waals surface area contributed by atoms with Crippen LogP contribution in [-0.2, 0) is 13.1 Å². The van der Waals surface area contributed by atoms with Crippen LogP contribution in [0.15, 0.2) is 74.9 Å². The highest BCUT2D eigenvalue weighted by molar-refractivity contribution is 9.10. The predicted octanol–water partition coefficient (Wildman–Crippen LogP) is 6.03. The zero-order valence-electron chi connectivity index (χ0n) is 24.5. The minimum atomic E-state index is -0.0395. The number of fused-ring (bicyclic) bond motifs is 2. The van der Waals surface area contributed by atoms with Gasteiger partial charge in [0.25, 0.3) is 5.56 Å². The van der Waals surface area contributed by atoms with Crippen LogP contribution < -0.4 is 20.1 Å². The van der Waals surface area contributed by atoms with Crippen LogP contribution in [0.25, 0.3) is 11.0 Å². The maximum Gasteiger partial charge on any atom is 0.261 e. The largest absolute Gasteiger partial charge is 0.493 e. The molecule has 0 radical (unpaired) electrons. The number of nitrogens with zero attached hydrogens (tertiary/aromatic N) is 5. The number of hydrogen-bond acceptors (Lipinski definition) is 7. The van der Waals surface area contributed by atoms with Gasteiger partial charge in [0.15, 0.2) is 4.67 Å². The fourth-order valence-corrected chi connectivity index (χ4v) is 6.20. The zero-order chi connectivity index (χ0) is 29.0. The average Bonchev–Trinajstić information content (AvgIpc) is 3.30. The summed E-state index contributed by atoms with van der Waals surface area (Å²) in [5.74, 6) is 0.901. The fourth-order valence-electron chi connectivity index (χ4n) is 5.79. The second-order valence-corrected chi connectivity index (χ2v) is 12.4. The van der Waals surface area contributed by atoms with Crippen LogP contribution >= 0.6 is 15.9 Å². The van der Waals surface area contributed by atoms with Gasteiger partial charge in [0.1, 0.15) is 11.3 Å². The van der Waals surface area contributed by atoms with Gasteiger partial charge < -0.3 is 23.5 Å². The molecule has 3 aromatic heterocycles. The fraction of sp³-hybridized carbons (Fsp3) is 0.438. The topological polar surface area (TPSA) is 67.0 Å². The number of furan rings is 1. The molecule has 0 atom stereocenters. The summed E-state index contributed by atoms with van der Waals surface area (Å²) in [5, 5.41) is 0.588. The van der Waals surface area contributed by atoms with Crippen molar-refractivity contribution in [3.05, 3.63) is 81.6 Å². The standard InChI is InChI=1S/C32H40BrN5O3/c1-5-37-23-32(2,3)22-35(4)28-19-25(7-8-27(28)37)40-18-6-14-36(21-24-9-12-34-13-10-24)16-17-38-15-11-29-26(31(38)39)20-30(33)41-29/h7-13,15,19-20H,5-6,14,16-18,21-23H2,1-4H3. The maximum atomic E-state index is 13.0. The highest BCUT2D eigenvalue weighted by Gasteiger charge is 2.29. The molecule has 1 aliphatic rings. The number of pyridine rings is 2. The number of anilines is 2.